The molecule has 1 saturated heterocycles. The van der Waals surface area contributed by atoms with Crippen molar-refractivity contribution in [3.8, 4) is 0 Å². The lowest BCUT2D eigenvalue weighted by atomic mass is 10.2. The first kappa shape index (κ1) is 27.3. The summed E-state index contributed by atoms with van der Waals surface area (Å²) in [5, 5.41) is 0. The lowest BCUT2D eigenvalue weighted by Crippen LogP contribution is -2.46. The fourth-order valence-corrected chi connectivity index (χ4v) is 4.26. The molecule has 8 heteroatoms. The van der Waals surface area contributed by atoms with Gasteiger partial charge >= 0.3 is 0 Å². The highest BCUT2D eigenvalue weighted by Gasteiger charge is 2.23. The van der Waals surface area contributed by atoms with Crippen molar-refractivity contribution in [2.75, 3.05) is 45.9 Å². The molecule has 38 heavy (non-hydrogen) atoms. The molecule has 0 aliphatic carbocycles. The van der Waals surface area contributed by atoms with Crippen LogP contribution < -0.4 is 0 Å². The second-order valence-corrected chi connectivity index (χ2v) is 9.35. The van der Waals surface area contributed by atoms with Gasteiger partial charge in [0.05, 0.1) is 19.8 Å². The molecule has 0 saturated carbocycles. The van der Waals surface area contributed by atoms with E-state index in [-0.39, 0.29) is 37.3 Å². The molecule has 2 amide bonds. The van der Waals surface area contributed by atoms with Gasteiger partial charge in [0.15, 0.2) is 0 Å². The summed E-state index contributed by atoms with van der Waals surface area (Å²) in [5.41, 5.74) is 1.70. The van der Waals surface area contributed by atoms with E-state index in [1.165, 1.54) is 18.2 Å². The van der Waals surface area contributed by atoms with Crippen LogP contribution >= 0.6 is 0 Å². The van der Waals surface area contributed by atoms with E-state index in [1.54, 1.807) is 28.0 Å². The van der Waals surface area contributed by atoms with Crippen molar-refractivity contribution in [3.63, 3.8) is 0 Å². The van der Waals surface area contributed by atoms with Crippen molar-refractivity contribution in [1.82, 2.24) is 14.7 Å². The Balaban J connectivity index is 1.50. The van der Waals surface area contributed by atoms with E-state index in [1.807, 2.05) is 49.4 Å². The van der Waals surface area contributed by atoms with Crippen LogP contribution in [0.3, 0.4) is 0 Å². The topological polar surface area (TPSA) is 66.2 Å². The Morgan fingerprint density at radius 2 is 1.68 bits per heavy atom. The van der Waals surface area contributed by atoms with Crippen molar-refractivity contribution >= 4 is 17.9 Å². The number of hydrogen-bond donors (Lipinski definition) is 0. The highest BCUT2D eigenvalue weighted by molar-refractivity contribution is 5.94. The SMILES string of the molecule is Cc1ccc(CN(Cc2ccc(F)cc2)C(=O)CN(CCN2CCOCC2)C(=O)C=Cc2ccccc2)o1. The van der Waals surface area contributed by atoms with Gasteiger partial charge in [0.25, 0.3) is 0 Å². The smallest absolute Gasteiger partial charge is 0.247 e. The number of benzene rings is 2. The number of ether oxygens (including phenoxy) is 1. The van der Waals surface area contributed by atoms with Crippen LogP contribution in [0.4, 0.5) is 4.39 Å². The van der Waals surface area contributed by atoms with Gasteiger partial charge in [-0.05, 0) is 48.4 Å². The van der Waals surface area contributed by atoms with Gasteiger partial charge in [-0.3, -0.25) is 14.5 Å². The third-order valence-corrected chi connectivity index (χ3v) is 6.43. The average molecular weight is 520 g/mol. The highest BCUT2D eigenvalue weighted by atomic mass is 19.1. The summed E-state index contributed by atoms with van der Waals surface area (Å²) in [6.07, 6.45) is 3.28. The number of amides is 2. The number of furan rings is 1. The predicted molar refractivity (Wildman–Crippen MR) is 143 cm³/mol. The van der Waals surface area contributed by atoms with E-state index >= 15 is 0 Å². The number of carbonyl (C=O) groups excluding carboxylic acids is 2. The first-order valence-electron chi connectivity index (χ1n) is 12.9. The van der Waals surface area contributed by atoms with Gasteiger partial charge in [0.2, 0.25) is 11.8 Å². The van der Waals surface area contributed by atoms with Gasteiger partial charge in [-0.1, -0.05) is 42.5 Å². The quantitative estimate of drug-likeness (QED) is 0.357. The second-order valence-electron chi connectivity index (χ2n) is 9.35. The van der Waals surface area contributed by atoms with Crippen molar-refractivity contribution in [2.45, 2.75) is 20.0 Å². The van der Waals surface area contributed by atoms with Gasteiger partial charge in [-0.25, -0.2) is 4.39 Å². The molecule has 1 fully saturated rings. The molecule has 7 nitrogen and oxygen atoms in total. The largest absolute Gasteiger partial charge is 0.464 e. The Morgan fingerprint density at radius 1 is 0.947 bits per heavy atom. The molecule has 2 heterocycles. The van der Waals surface area contributed by atoms with E-state index in [0.29, 0.717) is 32.1 Å². The van der Waals surface area contributed by atoms with Crippen LogP contribution in [0.5, 0.6) is 0 Å². The molecule has 1 aliphatic heterocycles. The van der Waals surface area contributed by atoms with Gasteiger partial charge < -0.3 is 19.0 Å². The third-order valence-electron chi connectivity index (χ3n) is 6.43. The van der Waals surface area contributed by atoms with Gasteiger partial charge in [0, 0.05) is 38.8 Å². The van der Waals surface area contributed by atoms with Crippen molar-refractivity contribution in [2.24, 2.45) is 0 Å². The van der Waals surface area contributed by atoms with Crippen molar-refractivity contribution in [1.29, 1.82) is 0 Å². The fraction of sp³-hybridized carbons (Fsp3) is 0.333. The van der Waals surface area contributed by atoms with Gasteiger partial charge in [0.1, 0.15) is 23.9 Å². The molecule has 0 N–H and O–H groups in total. The van der Waals surface area contributed by atoms with Crippen LogP contribution in [0.1, 0.15) is 22.6 Å². The van der Waals surface area contributed by atoms with Gasteiger partial charge in [-0.2, -0.15) is 0 Å². The van der Waals surface area contributed by atoms with Gasteiger partial charge in [-0.15, -0.1) is 0 Å². The number of aryl methyl sites for hydroxylation is 1. The Hall–Kier alpha value is -3.75. The molecule has 0 unspecified atom stereocenters. The highest BCUT2D eigenvalue weighted by Crippen LogP contribution is 2.15. The van der Waals surface area contributed by atoms with E-state index in [0.717, 1.165) is 30.0 Å². The molecule has 0 spiro atoms. The maximum atomic E-state index is 13.6. The van der Waals surface area contributed by atoms with Crippen LogP contribution in [0.15, 0.2) is 77.2 Å². The standard InChI is InChI=1S/C30H34FN3O4/c1-24-7-13-28(38-24)22-34(21-26-8-11-27(31)12-9-26)30(36)23-33(16-15-32-17-19-37-20-18-32)29(35)14-10-25-5-3-2-4-6-25/h2-14H,15-23H2,1H3. The fourth-order valence-electron chi connectivity index (χ4n) is 4.26. The molecule has 4 rings (SSSR count). The maximum absolute atomic E-state index is 13.6. The summed E-state index contributed by atoms with van der Waals surface area (Å²) in [4.78, 5) is 32.4. The summed E-state index contributed by atoms with van der Waals surface area (Å²) in [6.45, 7) is 6.26. The zero-order valence-corrected chi connectivity index (χ0v) is 21.7. The third kappa shape index (κ3) is 8.39. The molecule has 1 aromatic heterocycles. The minimum absolute atomic E-state index is 0.0802. The molecule has 0 bridgehead atoms. The molecule has 1 aliphatic rings. The first-order chi connectivity index (χ1) is 18.5. The van der Waals surface area contributed by atoms with E-state index in [2.05, 4.69) is 4.90 Å². The minimum Gasteiger partial charge on any atom is -0.464 e. The molecule has 0 atom stereocenters. The normalized spacial score (nSPS) is 14.1. The summed E-state index contributed by atoms with van der Waals surface area (Å²) >= 11 is 0. The summed E-state index contributed by atoms with van der Waals surface area (Å²) in [7, 11) is 0. The molecule has 200 valence electrons. The molecule has 3 aromatic rings. The van der Waals surface area contributed by atoms with Crippen LogP contribution in [0.25, 0.3) is 6.08 Å². The van der Waals surface area contributed by atoms with Crippen LogP contribution in [-0.2, 0) is 27.4 Å². The zero-order chi connectivity index (χ0) is 26.7. The summed E-state index contributed by atoms with van der Waals surface area (Å²) in [6, 6.07) is 19.3. The average Bonchev–Trinajstić information content (AvgIpc) is 3.35. The number of halogens is 1. The lowest BCUT2D eigenvalue weighted by Gasteiger charge is -2.31. The number of hydrogen-bond acceptors (Lipinski definition) is 5. The second kappa shape index (κ2) is 13.7. The minimum atomic E-state index is -0.335. The van der Waals surface area contributed by atoms with Crippen LogP contribution in [0.2, 0.25) is 0 Å². The van der Waals surface area contributed by atoms with Crippen LogP contribution in [-0.4, -0.2) is 72.5 Å². The monoisotopic (exact) mass is 519 g/mol. The van der Waals surface area contributed by atoms with E-state index in [9.17, 15) is 14.0 Å². The Kier molecular flexibility index (Phi) is 9.84. The van der Waals surface area contributed by atoms with E-state index < -0.39 is 0 Å². The number of nitrogens with zero attached hydrogens (tertiary/aromatic N) is 3. The first-order valence-corrected chi connectivity index (χ1v) is 12.9. The lowest BCUT2D eigenvalue weighted by molar-refractivity contribution is -0.139. The Morgan fingerprint density at radius 3 is 2.37 bits per heavy atom. The number of morpholine rings is 1. The molecular weight excluding hydrogens is 485 g/mol. The Bertz CT molecular complexity index is 1200. The Labute approximate surface area is 223 Å². The van der Waals surface area contributed by atoms with E-state index in [4.69, 9.17) is 9.15 Å². The molecule has 2 aromatic carbocycles. The number of carbonyl (C=O) groups is 2. The summed E-state index contributed by atoms with van der Waals surface area (Å²) < 4.78 is 24.6. The van der Waals surface area contributed by atoms with Crippen LogP contribution in [0, 0.1) is 12.7 Å². The predicted octanol–water partition coefficient (Wildman–Crippen LogP) is 4.13. The number of rotatable bonds is 11. The summed E-state index contributed by atoms with van der Waals surface area (Å²) in [5.74, 6) is 0.618. The molecular formula is C30H34FN3O4. The van der Waals surface area contributed by atoms with Crippen molar-refractivity contribution < 1.29 is 23.1 Å². The maximum Gasteiger partial charge on any atom is 0.247 e. The van der Waals surface area contributed by atoms with Crippen molar-refractivity contribution in [3.05, 3.63) is 101 Å². The molecule has 0 radical (unpaired) electrons. The zero-order valence-electron chi connectivity index (χ0n) is 21.7.